The van der Waals surface area contributed by atoms with Crippen LogP contribution in [0.3, 0.4) is 0 Å². The molecule has 0 radical (unpaired) electrons. The van der Waals surface area contributed by atoms with Gasteiger partial charge in [0.15, 0.2) is 0 Å². The van der Waals surface area contributed by atoms with Crippen LogP contribution in [0.1, 0.15) is 39.5 Å². The third-order valence-electron chi connectivity index (χ3n) is 1.72. The molecule has 1 unspecified atom stereocenters. The van der Waals surface area contributed by atoms with Gasteiger partial charge in [-0.1, -0.05) is 38.8 Å². The van der Waals surface area contributed by atoms with Crippen molar-refractivity contribution in [2.75, 3.05) is 0 Å². The maximum absolute atomic E-state index is 9.92. The van der Waals surface area contributed by atoms with Crippen molar-refractivity contribution in [3.63, 3.8) is 0 Å². The first-order valence-corrected chi connectivity index (χ1v) is 4.39. The average molecular weight is 154 g/mol. The second-order valence-electron chi connectivity index (χ2n) is 3.00. The normalized spacial score (nSPS) is 13.6. The Balaban J connectivity index is 3.28. The van der Waals surface area contributed by atoms with Gasteiger partial charge in [0, 0.05) is 6.42 Å². The van der Waals surface area contributed by atoms with Crippen LogP contribution in [0.5, 0.6) is 0 Å². The van der Waals surface area contributed by atoms with Crippen LogP contribution in [0, 0.1) is 5.92 Å². The summed E-state index contributed by atoms with van der Waals surface area (Å²) in [5, 5.41) is 0. The molecule has 0 aliphatic rings. The molecule has 0 saturated heterocycles. The topological polar surface area (TPSA) is 17.1 Å². The quantitative estimate of drug-likeness (QED) is 0.424. The van der Waals surface area contributed by atoms with E-state index in [4.69, 9.17) is 0 Å². The first-order valence-electron chi connectivity index (χ1n) is 4.39. The molecule has 64 valence electrons. The number of rotatable bonds is 6. The Morgan fingerprint density at radius 3 is 2.64 bits per heavy atom. The molecule has 0 spiro atoms. The number of carbonyl (C=O) groups excluding carboxylic acids is 1. The van der Waals surface area contributed by atoms with E-state index in [0.717, 1.165) is 18.6 Å². The molecule has 0 aliphatic carbocycles. The van der Waals surface area contributed by atoms with Gasteiger partial charge in [-0.2, -0.15) is 0 Å². The molecule has 0 saturated carbocycles. The lowest BCUT2D eigenvalue weighted by molar-refractivity contribution is -0.107. The number of carbonyl (C=O) groups is 1. The van der Waals surface area contributed by atoms with E-state index in [0.29, 0.717) is 6.42 Å². The summed E-state index contributed by atoms with van der Waals surface area (Å²) in [6, 6.07) is 0. The minimum atomic E-state index is 0.568. The van der Waals surface area contributed by atoms with Gasteiger partial charge in [0.2, 0.25) is 0 Å². The van der Waals surface area contributed by atoms with Gasteiger partial charge in [0.1, 0.15) is 6.29 Å². The molecule has 0 aromatic rings. The smallest absolute Gasteiger partial charge is 0.123 e. The Morgan fingerprint density at radius 2 is 2.09 bits per heavy atom. The summed E-state index contributed by atoms with van der Waals surface area (Å²) in [6.07, 6.45) is 9.20. The van der Waals surface area contributed by atoms with Gasteiger partial charge in [-0.3, -0.25) is 0 Å². The molecule has 11 heavy (non-hydrogen) atoms. The minimum Gasteiger partial charge on any atom is -0.303 e. The van der Waals surface area contributed by atoms with Crippen molar-refractivity contribution in [1.82, 2.24) is 0 Å². The third kappa shape index (κ3) is 7.31. The molecule has 0 aromatic carbocycles. The van der Waals surface area contributed by atoms with Crippen LogP contribution in [0.15, 0.2) is 12.2 Å². The fraction of sp³-hybridized carbons (Fsp3) is 0.700. The van der Waals surface area contributed by atoms with Crippen LogP contribution in [0.25, 0.3) is 0 Å². The van der Waals surface area contributed by atoms with Crippen LogP contribution in [0.4, 0.5) is 0 Å². The molecule has 0 N–H and O–H groups in total. The number of aldehydes is 1. The summed E-state index contributed by atoms with van der Waals surface area (Å²) in [6.45, 7) is 4.44. The highest BCUT2D eigenvalue weighted by atomic mass is 16.1. The van der Waals surface area contributed by atoms with Gasteiger partial charge in [-0.15, -0.1) is 0 Å². The number of allylic oxidation sites excluding steroid dienone is 2. The van der Waals surface area contributed by atoms with Crippen molar-refractivity contribution in [2.45, 2.75) is 39.5 Å². The highest BCUT2D eigenvalue weighted by Crippen LogP contribution is 2.09. The number of hydrogen-bond donors (Lipinski definition) is 0. The van der Waals surface area contributed by atoms with E-state index in [1.54, 1.807) is 0 Å². The minimum absolute atomic E-state index is 0.568. The maximum atomic E-state index is 9.92. The Labute approximate surface area is 69.5 Å². The Morgan fingerprint density at radius 1 is 1.36 bits per heavy atom. The van der Waals surface area contributed by atoms with Gasteiger partial charge in [0.05, 0.1) is 0 Å². The van der Waals surface area contributed by atoms with Gasteiger partial charge in [0.25, 0.3) is 0 Å². The second-order valence-corrected chi connectivity index (χ2v) is 3.00. The van der Waals surface area contributed by atoms with Crippen molar-refractivity contribution in [3.05, 3.63) is 12.2 Å². The lowest BCUT2D eigenvalue weighted by Gasteiger charge is -2.04. The average Bonchev–Trinajstić information content (AvgIpc) is 1.99. The Hall–Kier alpha value is -0.590. The summed E-state index contributed by atoms with van der Waals surface area (Å²) in [5.41, 5.74) is 0. The Kier molecular flexibility index (Phi) is 7.11. The first kappa shape index (κ1) is 10.4. The molecule has 0 heterocycles. The molecule has 1 nitrogen and oxygen atoms in total. The first-order chi connectivity index (χ1) is 5.31. The molecule has 0 aromatic heterocycles. The second kappa shape index (κ2) is 7.52. The standard InChI is InChI=1S/C10H18O/c1-3-7-10(2)8-5-4-6-9-11/h4-5,9-10H,3,6-8H2,1-2H3/b5-4+. The van der Waals surface area contributed by atoms with E-state index in [-0.39, 0.29) is 0 Å². The zero-order valence-electron chi connectivity index (χ0n) is 7.55. The lowest BCUT2D eigenvalue weighted by atomic mass is 10.0. The molecular formula is C10H18O. The van der Waals surface area contributed by atoms with Gasteiger partial charge >= 0.3 is 0 Å². The Bertz CT molecular complexity index is 116. The highest BCUT2D eigenvalue weighted by molar-refractivity contribution is 5.51. The summed E-state index contributed by atoms with van der Waals surface area (Å²) in [5.74, 6) is 0.767. The predicted octanol–water partition coefficient (Wildman–Crippen LogP) is 2.96. The van der Waals surface area contributed by atoms with Crippen LogP contribution in [0.2, 0.25) is 0 Å². The molecule has 0 bridgehead atoms. The molecule has 0 rings (SSSR count). The SMILES string of the molecule is CCCC(C)C/C=C/CC=O. The molecule has 1 heteroatoms. The predicted molar refractivity (Wildman–Crippen MR) is 48.5 cm³/mol. The van der Waals surface area contributed by atoms with Crippen LogP contribution >= 0.6 is 0 Å². The van der Waals surface area contributed by atoms with Crippen molar-refractivity contribution >= 4 is 6.29 Å². The zero-order chi connectivity index (χ0) is 8.53. The van der Waals surface area contributed by atoms with E-state index in [9.17, 15) is 4.79 Å². The molecule has 0 fully saturated rings. The summed E-state index contributed by atoms with van der Waals surface area (Å²) >= 11 is 0. The van der Waals surface area contributed by atoms with Crippen LogP contribution in [-0.4, -0.2) is 6.29 Å². The van der Waals surface area contributed by atoms with Crippen LogP contribution < -0.4 is 0 Å². The van der Waals surface area contributed by atoms with E-state index in [2.05, 4.69) is 19.9 Å². The summed E-state index contributed by atoms with van der Waals surface area (Å²) in [4.78, 5) is 9.92. The lowest BCUT2D eigenvalue weighted by Crippen LogP contribution is -1.90. The van der Waals surface area contributed by atoms with Crippen molar-refractivity contribution in [3.8, 4) is 0 Å². The monoisotopic (exact) mass is 154 g/mol. The van der Waals surface area contributed by atoms with E-state index >= 15 is 0 Å². The molecular weight excluding hydrogens is 136 g/mol. The highest BCUT2D eigenvalue weighted by Gasteiger charge is 1.95. The number of hydrogen-bond acceptors (Lipinski definition) is 1. The molecule has 0 aliphatic heterocycles. The molecule has 0 amide bonds. The van der Waals surface area contributed by atoms with Gasteiger partial charge < -0.3 is 4.79 Å². The van der Waals surface area contributed by atoms with E-state index < -0.39 is 0 Å². The van der Waals surface area contributed by atoms with E-state index in [1.165, 1.54) is 12.8 Å². The summed E-state index contributed by atoms with van der Waals surface area (Å²) < 4.78 is 0. The van der Waals surface area contributed by atoms with E-state index in [1.807, 2.05) is 6.08 Å². The van der Waals surface area contributed by atoms with Crippen molar-refractivity contribution in [2.24, 2.45) is 5.92 Å². The fourth-order valence-electron chi connectivity index (χ4n) is 1.09. The van der Waals surface area contributed by atoms with Gasteiger partial charge in [-0.25, -0.2) is 0 Å². The zero-order valence-corrected chi connectivity index (χ0v) is 7.55. The largest absolute Gasteiger partial charge is 0.303 e. The fourth-order valence-corrected chi connectivity index (χ4v) is 1.09. The molecule has 1 atom stereocenters. The third-order valence-corrected chi connectivity index (χ3v) is 1.72. The summed E-state index contributed by atoms with van der Waals surface area (Å²) in [7, 11) is 0. The van der Waals surface area contributed by atoms with Gasteiger partial charge in [-0.05, 0) is 12.3 Å². The maximum Gasteiger partial charge on any atom is 0.123 e. The van der Waals surface area contributed by atoms with Crippen molar-refractivity contribution < 1.29 is 4.79 Å². The van der Waals surface area contributed by atoms with Crippen LogP contribution in [-0.2, 0) is 4.79 Å². The van der Waals surface area contributed by atoms with Crippen molar-refractivity contribution in [1.29, 1.82) is 0 Å².